The fourth-order valence-electron chi connectivity index (χ4n) is 1.30. The molecule has 0 bridgehead atoms. The van der Waals surface area contributed by atoms with Gasteiger partial charge in [0.1, 0.15) is 17.2 Å². The second-order valence-electron chi connectivity index (χ2n) is 3.53. The van der Waals surface area contributed by atoms with E-state index in [0.717, 1.165) is 13.4 Å². The van der Waals surface area contributed by atoms with Crippen LogP contribution in [-0.2, 0) is 0 Å². The van der Waals surface area contributed by atoms with Crippen LogP contribution in [0.2, 0.25) is 0 Å². The molecule has 0 aliphatic carbocycles. The van der Waals surface area contributed by atoms with E-state index >= 15 is 0 Å². The van der Waals surface area contributed by atoms with E-state index in [0.29, 0.717) is 20.4 Å². The van der Waals surface area contributed by atoms with Crippen LogP contribution in [0.1, 0.15) is 0 Å². The van der Waals surface area contributed by atoms with Crippen molar-refractivity contribution >= 4 is 79.6 Å². The smallest absolute Gasteiger partial charge is 0.143 e. The van der Waals surface area contributed by atoms with Crippen LogP contribution in [0, 0.1) is 0 Å². The first kappa shape index (κ1) is 15.8. The molecule has 2 rings (SSSR count). The maximum atomic E-state index is 9.57. The van der Waals surface area contributed by atoms with Crippen molar-refractivity contribution in [2.75, 3.05) is 0 Å². The van der Waals surface area contributed by atoms with Crippen LogP contribution in [0.15, 0.2) is 46.6 Å². The lowest BCUT2D eigenvalue weighted by atomic mass is 10.3. The molecule has 0 heterocycles. The summed E-state index contributed by atoms with van der Waals surface area (Å²) in [7, 11) is 0. The quantitative estimate of drug-likeness (QED) is 0.388. The van der Waals surface area contributed by atoms with Crippen LogP contribution in [0.4, 0.5) is 0 Å². The highest BCUT2D eigenvalue weighted by atomic mass is 79.9. The normalized spacial score (nSPS) is 10.6. The van der Waals surface area contributed by atoms with E-state index in [1.54, 1.807) is 12.1 Å². The predicted octanol–water partition coefficient (Wildman–Crippen LogP) is 7.00. The zero-order valence-electron chi connectivity index (χ0n) is 9.05. The van der Waals surface area contributed by atoms with Crippen molar-refractivity contribution in [1.82, 2.24) is 0 Å². The van der Waals surface area contributed by atoms with Crippen molar-refractivity contribution in [2.45, 2.75) is 0 Å². The van der Waals surface area contributed by atoms with E-state index in [2.05, 4.69) is 79.6 Å². The Labute approximate surface area is 152 Å². The van der Waals surface area contributed by atoms with Gasteiger partial charge in [-0.25, -0.2) is 0 Å². The monoisotopic (exact) mass is 576 g/mol. The van der Waals surface area contributed by atoms with E-state index in [1.807, 2.05) is 12.1 Å². The summed E-state index contributed by atoms with van der Waals surface area (Å²) in [5, 5.41) is 9.57. The minimum atomic E-state index is 0.148. The van der Waals surface area contributed by atoms with E-state index in [9.17, 15) is 5.11 Å². The predicted molar refractivity (Wildman–Crippen MR) is 93.1 cm³/mol. The lowest BCUT2D eigenvalue weighted by molar-refractivity contribution is 0.457. The summed E-state index contributed by atoms with van der Waals surface area (Å²) in [4.78, 5) is 0. The fourth-order valence-corrected chi connectivity index (χ4v) is 3.43. The third kappa shape index (κ3) is 3.75. The Morgan fingerprint density at radius 3 is 1.74 bits per heavy atom. The first-order valence-corrected chi connectivity index (χ1v) is 8.85. The van der Waals surface area contributed by atoms with Crippen LogP contribution in [0.3, 0.4) is 0 Å². The second-order valence-corrected chi connectivity index (χ2v) is 7.80. The summed E-state index contributed by atoms with van der Waals surface area (Å²) in [5.74, 6) is 1.41. The molecule has 0 atom stereocenters. The van der Waals surface area contributed by atoms with Gasteiger partial charge in [0.05, 0.1) is 13.4 Å². The van der Waals surface area contributed by atoms with Gasteiger partial charge in [-0.2, -0.15) is 0 Å². The van der Waals surface area contributed by atoms with Crippen LogP contribution in [-0.4, -0.2) is 5.11 Å². The van der Waals surface area contributed by atoms with Crippen LogP contribution in [0.25, 0.3) is 0 Å². The van der Waals surface area contributed by atoms with Gasteiger partial charge in [0.15, 0.2) is 0 Å². The zero-order valence-corrected chi connectivity index (χ0v) is 17.0. The Morgan fingerprint density at radius 1 is 0.632 bits per heavy atom. The van der Waals surface area contributed by atoms with Crippen molar-refractivity contribution in [3.8, 4) is 17.2 Å². The summed E-state index contributed by atoms with van der Waals surface area (Å²) >= 11 is 16.9. The molecule has 2 aromatic rings. The molecule has 0 saturated heterocycles. The Bertz CT molecular complexity index is 587. The summed E-state index contributed by atoms with van der Waals surface area (Å²) in [5.41, 5.74) is 0. The molecule has 7 heteroatoms. The summed E-state index contributed by atoms with van der Waals surface area (Å²) in [6.45, 7) is 0. The van der Waals surface area contributed by atoms with Crippen LogP contribution in [0.5, 0.6) is 17.2 Å². The molecule has 0 fully saturated rings. The van der Waals surface area contributed by atoms with E-state index < -0.39 is 0 Å². The third-order valence-electron chi connectivity index (χ3n) is 2.20. The van der Waals surface area contributed by atoms with Crippen molar-refractivity contribution in [1.29, 1.82) is 0 Å². The minimum absolute atomic E-state index is 0.148. The lowest BCUT2D eigenvalue weighted by Crippen LogP contribution is -1.88. The number of hydrogen-bond donors (Lipinski definition) is 1. The number of phenols is 1. The Hall–Kier alpha value is 0.440. The topological polar surface area (TPSA) is 29.5 Å². The van der Waals surface area contributed by atoms with Gasteiger partial charge in [-0.3, -0.25) is 0 Å². The second kappa shape index (κ2) is 6.47. The van der Waals surface area contributed by atoms with Gasteiger partial charge in [0, 0.05) is 8.95 Å². The van der Waals surface area contributed by atoms with E-state index in [4.69, 9.17) is 4.74 Å². The molecule has 19 heavy (non-hydrogen) atoms. The largest absolute Gasteiger partial charge is 0.507 e. The Morgan fingerprint density at radius 2 is 1.11 bits per heavy atom. The molecule has 0 aliphatic heterocycles. The first-order chi connectivity index (χ1) is 8.88. The zero-order chi connectivity index (χ0) is 14.2. The van der Waals surface area contributed by atoms with Gasteiger partial charge in [0.25, 0.3) is 0 Å². The number of benzene rings is 2. The van der Waals surface area contributed by atoms with E-state index in [-0.39, 0.29) is 5.75 Å². The molecule has 0 amide bonds. The SMILES string of the molecule is Oc1cc(Br)c(Oc2cc(Br)c(Br)cc2Br)cc1Br. The maximum Gasteiger partial charge on any atom is 0.143 e. The van der Waals surface area contributed by atoms with Gasteiger partial charge in [0.2, 0.25) is 0 Å². The first-order valence-electron chi connectivity index (χ1n) is 4.89. The van der Waals surface area contributed by atoms with Gasteiger partial charge < -0.3 is 9.84 Å². The molecule has 0 radical (unpaired) electrons. The molecular weight excluding hydrogens is 576 g/mol. The molecule has 0 saturated carbocycles. The average Bonchev–Trinajstić information content (AvgIpc) is 2.32. The molecule has 100 valence electrons. The van der Waals surface area contributed by atoms with Crippen LogP contribution >= 0.6 is 79.6 Å². The maximum absolute atomic E-state index is 9.57. The Kier molecular flexibility index (Phi) is 5.39. The molecule has 2 aromatic carbocycles. The highest BCUT2D eigenvalue weighted by molar-refractivity contribution is 9.13. The fraction of sp³-hybridized carbons (Fsp3) is 0. The van der Waals surface area contributed by atoms with Crippen LogP contribution < -0.4 is 4.74 Å². The highest BCUT2D eigenvalue weighted by Crippen LogP contribution is 2.41. The number of hydrogen-bond acceptors (Lipinski definition) is 2. The minimum Gasteiger partial charge on any atom is -0.507 e. The molecule has 2 nitrogen and oxygen atoms in total. The van der Waals surface area contributed by atoms with Gasteiger partial charge >= 0.3 is 0 Å². The molecule has 0 spiro atoms. The molecular formula is C12H5Br5O2. The van der Waals surface area contributed by atoms with Crippen molar-refractivity contribution in [3.05, 3.63) is 46.6 Å². The molecule has 0 aliphatic rings. The molecule has 1 N–H and O–H groups in total. The van der Waals surface area contributed by atoms with Crippen molar-refractivity contribution in [3.63, 3.8) is 0 Å². The van der Waals surface area contributed by atoms with Gasteiger partial charge in [-0.15, -0.1) is 0 Å². The average molecular weight is 581 g/mol. The molecule has 0 unspecified atom stereocenters. The number of halogens is 5. The standard InChI is InChI=1S/C12H5Br5O2/c13-5-1-8(16)11(3-6(5)14)19-12-4-7(15)10(18)2-9(12)17/h1-4,18H. The lowest BCUT2D eigenvalue weighted by Gasteiger charge is -2.12. The van der Waals surface area contributed by atoms with E-state index in [1.165, 1.54) is 0 Å². The summed E-state index contributed by atoms with van der Waals surface area (Å²) < 4.78 is 9.69. The number of aromatic hydroxyl groups is 1. The number of phenolic OH excluding ortho intramolecular Hbond substituents is 1. The number of ether oxygens (including phenoxy) is 1. The van der Waals surface area contributed by atoms with Gasteiger partial charge in [-0.1, -0.05) is 0 Å². The summed E-state index contributed by atoms with van der Waals surface area (Å²) in [6.07, 6.45) is 0. The van der Waals surface area contributed by atoms with Crippen molar-refractivity contribution in [2.24, 2.45) is 0 Å². The van der Waals surface area contributed by atoms with Gasteiger partial charge in [-0.05, 0) is 104 Å². The molecule has 0 aromatic heterocycles. The highest BCUT2D eigenvalue weighted by Gasteiger charge is 2.11. The number of rotatable bonds is 2. The van der Waals surface area contributed by atoms with Crippen molar-refractivity contribution < 1.29 is 9.84 Å². The third-order valence-corrected chi connectivity index (χ3v) is 5.91. The summed E-state index contributed by atoms with van der Waals surface area (Å²) in [6, 6.07) is 7.01. The Balaban J connectivity index is 2.42.